The number of aromatic amines is 1. The van der Waals surface area contributed by atoms with Crippen LogP contribution in [0.5, 0.6) is 0 Å². The van der Waals surface area contributed by atoms with Gasteiger partial charge in [0.1, 0.15) is 5.82 Å². The van der Waals surface area contributed by atoms with Crippen LogP contribution in [-0.2, 0) is 6.54 Å². The fourth-order valence-electron chi connectivity index (χ4n) is 1.59. The molecule has 2 rings (SSSR count). The Kier molecular flexibility index (Phi) is 2.57. The van der Waals surface area contributed by atoms with E-state index < -0.39 is 4.92 Å². The van der Waals surface area contributed by atoms with E-state index in [0.29, 0.717) is 17.6 Å². The van der Waals surface area contributed by atoms with Crippen molar-refractivity contribution in [1.29, 1.82) is 0 Å². The van der Waals surface area contributed by atoms with Crippen molar-refractivity contribution in [1.82, 2.24) is 14.9 Å². The zero-order valence-corrected chi connectivity index (χ0v) is 9.10. The van der Waals surface area contributed by atoms with E-state index in [2.05, 4.69) is 9.97 Å². The number of rotatable bonds is 3. The van der Waals surface area contributed by atoms with Crippen molar-refractivity contribution in [3.8, 4) is 0 Å². The molecule has 6 nitrogen and oxygen atoms in total. The molecule has 84 valence electrons. The Bertz CT molecular complexity index is 533. The molecule has 0 unspecified atom stereocenters. The SMILES string of the molecule is CN(C)Cc1nc2c([N+](=O)[O-])cccc2[nH]1. The molecule has 0 amide bonds. The fraction of sp³-hybridized carbons (Fsp3) is 0.300. The first kappa shape index (κ1) is 10.6. The number of hydrogen-bond acceptors (Lipinski definition) is 4. The van der Waals surface area contributed by atoms with Crippen LogP contribution >= 0.6 is 0 Å². The molecule has 16 heavy (non-hydrogen) atoms. The van der Waals surface area contributed by atoms with Crippen molar-refractivity contribution >= 4 is 16.7 Å². The second kappa shape index (κ2) is 3.90. The van der Waals surface area contributed by atoms with Crippen LogP contribution in [0.2, 0.25) is 0 Å². The number of nitro benzene ring substituents is 1. The van der Waals surface area contributed by atoms with Gasteiger partial charge in [-0.1, -0.05) is 6.07 Å². The van der Waals surface area contributed by atoms with E-state index in [0.717, 1.165) is 5.82 Å². The average molecular weight is 220 g/mol. The highest BCUT2D eigenvalue weighted by Crippen LogP contribution is 2.23. The molecule has 0 saturated heterocycles. The van der Waals surface area contributed by atoms with Crippen molar-refractivity contribution in [2.45, 2.75) is 6.54 Å². The normalized spacial score (nSPS) is 11.2. The highest BCUT2D eigenvalue weighted by Gasteiger charge is 2.15. The van der Waals surface area contributed by atoms with E-state index in [1.807, 2.05) is 19.0 Å². The Morgan fingerprint density at radius 2 is 2.25 bits per heavy atom. The molecule has 1 heterocycles. The van der Waals surface area contributed by atoms with E-state index >= 15 is 0 Å². The van der Waals surface area contributed by atoms with Crippen molar-refractivity contribution in [3.05, 3.63) is 34.1 Å². The van der Waals surface area contributed by atoms with Gasteiger partial charge in [-0.2, -0.15) is 0 Å². The van der Waals surface area contributed by atoms with E-state index in [-0.39, 0.29) is 5.69 Å². The second-order valence-corrected chi connectivity index (χ2v) is 3.85. The quantitative estimate of drug-likeness (QED) is 0.628. The average Bonchev–Trinajstić information content (AvgIpc) is 2.57. The van der Waals surface area contributed by atoms with Gasteiger partial charge in [-0.3, -0.25) is 10.1 Å². The van der Waals surface area contributed by atoms with Gasteiger partial charge in [-0.15, -0.1) is 0 Å². The third-order valence-electron chi connectivity index (χ3n) is 2.20. The zero-order chi connectivity index (χ0) is 11.7. The Labute approximate surface area is 92.0 Å². The summed E-state index contributed by atoms with van der Waals surface area (Å²) in [5.41, 5.74) is 1.16. The maximum absolute atomic E-state index is 10.8. The van der Waals surface area contributed by atoms with Gasteiger partial charge < -0.3 is 9.88 Å². The minimum atomic E-state index is -0.414. The summed E-state index contributed by atoms with van der Waals surface area (Å²) in [4.78, 5) is 19.6. The predicted octanol–water partition coefficient (Wildman–Crippen LogP) is 1.53. The summed E-state index contributed by atoms with van der Waals surface area (Å²) in [6.07, 6.45) is 0. The van der Waals surface area contributed by atoms with Crippen molar-refractivity contribution < 1.29 is 4.92 Å². The van der Waals surface area contributed by atoms with Crippen LogP contribution in [0.4, 0.5) is 5.69 Å². The van der Waals surface area contributed by atoms with Crippen LogP contribution in [0.1, 0.15) is 5.82 Å². The number of H-pyrrole nitrogens is 1. The van der Waals surface area contributed by atoms with Gasteiger partial charge in [0.2, 0.25) is 0 Å². The molecule has 0 radical (unpaired) electrons. The number of imidazole rings is 1. The Balaban J connectivity index is 2.52. The fourth-order valence-corrected chi connectivity index (χ4v) is 1.59. The van der Waals surface area contributed by atoms with Crippen LogP contribution in [0.15, 0.2) is 18.2 Å². The van der Waals surface area contributed by atoms with Crippen LogP contribution in [-0.4, -0.2) is 33.9 Å². The molecule has 0 bridgehead atoms. The number of benzene rings is 1. The monoisotopic (exact) mass is 220 g/mol. The molecular weight excluding hydrogens is 208 g/mol. The second-order valence-electron chi connectivity index (χ2n) is 3.85. The van der Waals surface area contributed by atoms with E-state index in [4.69, 9.17) is 0 Å². The standard InChI is InChI=1S/C10H12N4O2/c1-13(2)6-9-11-7-4-3-5-8(14(15)16)10(7)12-9/h3-5H,6H2,1-2H3,(H,11,12). The first-order valence-electron chi connectivity index (χ1n) is 4.84. The molecule has 0 fully saturated rings. The highest BCUT2D eigenvalue weighted by atomic mass is 16.6. The molecule has 0 spiro atoms. The van der Waals surface area contributed by atoms with Crippen molar-refractivity contribution in [2.24, 2.45) is 0 Å². The Hall–Kier alpha value is -1.95. The van der Waals surface area contributed by atoms with Gasteiger partial charge in [-0.25, -0.2) is 4.98 Å². The summed E-state index contributed by atoms with van der Waals surface area (Å²) in [5, 5.41) is 10.8. The first-order valence-corrected chi connectivity index (χ1v) is 4.84. The molecule has 0 aliphatic carbocycles. The van der Waals surface area contributed by atoms with Crippen LogP contribution in [0.25, 0.3) is 11.0 Å². The number of aromatic nitrogens is 2. The predicted molar refractivity (Wildman–Crippen MR) is 60.1 cm³/mol. The van der Waals surface area contributed by atoms with Gasteiger partial charge in [0, 0.05) is 6.07 Å². The number of nitrogens with zero attached hydrogens (tertiary/aromatic N) is 3. The lowest BCUT2D eigenvalue weighted by atomic mass is 10.3. The van der Waals surface area contributed by atoms with Crippen molar-refractivity contribution in [3.63, 3.8) is 0 Å². The molecule has 0 aliphatic rings. The lowest BCUT2D eigenvalue weighted by molar-refractivity contribution is -0.383. The minimum absolute atomic E-state index is 0.0405. The number of para-hydroxylation sites is 1. The van der Waals surface area contributed by atoms with Crippen LogP contribution in [0.3, 0.4) is 0 Å². The van der Waals surface area contributed by atoms with Gasteiger partial charge in [0.05, 0.1) is 17.0 Å². The van der Waals surface area contributed by atoms with Crippen LogP contribution < -0.4 is 0 Å². The summed E-state index contributed by atoms with van der Waals surface area (Å²) >= 11 is 0. The topological polar surface area (TPSA) is 75.1 Å². The molecule has 1 aromatic carbocycles. The minimum Gasteiger partial charge on any atom is -0.341 e. The molecular formula is C10H12N4O2. The van der Waals surface area contributed by atoms with Gasteiger partial charge in [0.25, 0.3) is 5.69 Å². The maximum Gasteiger partial charge on any atom is 0.297 e. The molecule has 6 heteroatoms. The number of nitro groups is 1. The van der Waals surface area contributed by atoms with Gasteiger partial charge >= 0.3 is 0 Å². The smallest absolute Gasteiger partial charge is 0.297 e. The lowest BCUT2D eigenvalue weighted by Crippen LogP contribution is -2.11. The van der Waals surface area contributed by atoms with E-state index in [9.17, 15) is 10.1 Å². The Morgan fingerprint density at radius 1 is 1.50 bits per heavy atom. The van der Waals surface area contributed by atoms with Gasteiger partial charge in [0.15, 0.2) is 5.52 Å². The number of nitrogens with one attached hydrogen (secondary N) is 1. The molecule has 0 atom stereocenters. The lowest BCUT2D eigenvalue weighted by Gasteiger charge is -2.04. The molecule has 2 aromatic rings. The molecule has 0 aliphatic heterocycles. The Morgan fingerprint density at radius 3 is 2.88 bits per heavy atom. The third-order valence-corrected chi connectivity index (χ3v) is 2.20. The van der Waals surface area contributed by atoms with Crippen LogP contribution in [0, 0.1) is 10.1 Å². The van der Waals surface area contributed by atoms with E-state index in [1.54, 1.807) is 12.1 Å². The zero-order valence-electron chi connectivity index (χ0n) is 9.10. The van der Waals surface area contributed by atoms with Gasteiger partial charge in [-0.05, 0) is 20.2 Å². The summed E-state index contributed by atoms with van der Waals surface area (Å²) < 4.78 is 0. The first-order chi connectivity index (χ1) is 7.58. The summed E-state index contributed by atoms with van der Waals surface area (Å²) in [7, 11) is 3.84. The summed E-state index contributed by atoms with van der Waals surface area (Å²) in [5.74, 6) is 0.731. The third kappa shape index (κ3) is 1.87. The summed E-state index contributed by atoms with van der Waals surface area (Å²) in [6.45, 7) is 0.631. The maximum atomic E-state index is 10.8. The highest BCUT2D eigenvalue weighted by molar-refractivity contribution is 5.84. The number of fused-ring (bicyclic) bond motifs is 1. The van der Waals surface area contributed by atoms with Crippen molar-refractivity contribution in [2.75, 3.05) is 14.1 Å². The number of hydrogen-bond donors (Lipinski definition) is 1. The molecule has 1 aromatic heterocycles. The van der Waals surface area contributed by atoms with E-state index in [1.165, 1.54) is 6.07 Å². The molecule has 1 N–H and O–H groups in total. The molecule has 0 saturated carbocycles. The summed E-state index contributed by atoms with van der Waals surface area (Å²) in [6, 6.07) is 4.90. The largest absolute Gasteiger partial charge is 0.341 e. The number of non-ortho nitro benzene ring substituents is 1.